The van der Waals surface area contributed by atoms with Gasteiger partial charge in [-0.15, -0.1) is 11.3 Å². The number of rotatable bonds is 3. The summed E-state index contributed by atoms with van der Waals surface area (Å²) in [6.07, 6.45) is 3.36. The maximum Gasteiger partial charge on any atom is 0.252 e. The van der Waals surface area contributed by atoms with Crippen molar-refractivity contribution in [1.82, 2.24) is 20.3 Å². The molecule has 0 spiro atoms. The Morgan fingerprint density at radius 2 is 2.20 bits per heavy atom. The quantitative estimate of drug-likeness (QED) is 0.777. The van der Waals surface area contributed by atoms with Crippen LogP contribution in [0.4, 0.5) is 0 Å². The number of aromatic amines is 1. The fraction of sp³-hybridized carbons (Fsp3) is 0.214. The van der Waals surface area contributed by atoms with Crippen molar-refractivity contribution >= 4 is 28.3 Å². The Kier molecular flexibility index (Phi) is 3.02. The lowest BCUT2D eigenvalue weighted by molar-refractivity contribution is 0.0912. The summed E-state index contributed by atoms with van der Waals surface area (Å²) in [5.41, 5.74) is 1.81. The number of H-pyrrole nitrogens is 1. The highest BCUT2D eigenvalue weighted by atomic mass is 32.1. The van der Waals surface area contributed by atoms with Gasteiger partial charge in [-0.1, -0.05) is 0 Å². The van der Waals surface area contributed by atoms with Gasteiger partial charge in [0.2, 0.25) is 0 Å². The fourth-order valence-electron chi connectivity index (χ4n) is 2.02. The molecule has 2 heterocycles. The maximum absolute atomic E-state index is 12.4. The fourth-order valence-corrected chi connectivity index (χ4v) is 2.74. The highest BCUT2D eigenvalue weighted by Crippen LogP contribution is 2.23. The highest BCUT2D eigenvalue weighted by molar-refractivity contribution is 7.09. The van der Waals surface area contributed by atoms with Gasteiger partial charge in [0.1, 0.15) is 5.01 Å². The van der Waals surface area contributed by atoms with Crippen LogP contribution in [0.25, 0.3) is 11.0 Å². The molecule has 1 aromatic carbocycles. The minimum atomic E-state index is -0.492. The zero-order chi connectivity index (χ0) is 14.2. The van der Waals surface area contributed by atoms with Crippen molar-refractivity contribution in [2.45, 2.75) is 19.4 Å². The van der Waals surface area contributed by atoms with Gasteiger partial charge in [-0.25, -0.2) is 9.97 Å². The van der Waals surface area contributed by atoms with Crippen LogP contribution >= 0.6 is 11.3 Å². The number of carbonyl (C=O) groups is 1. The molecule has 3 aromatic rings. The second-order valence-electron chi connectivity index (χ2n) is 5.05. The van der Waals surface area contributed by atoms with Gasteiger partial charge in [0, 0.05) is 17.1 Å². The summed E-state index contributed by atoms with van der Waals surface area (Å²) >= 11 is 1.53. The van der Waals surface area contributed by atoms with E-state index in [-0.39, 0.29) is 5.91 Å². The van der Waals surface area contributed by atoms with E-state index in [4.69, 9.17) is 0 Å². The lowest BCUT2D eigenvalue weighted by Gasteiger charge is -2.23. The van der Waals surface area contributed by atoms with Crippen LogP contribution in [-0.2, 0) is 5.54 Å². The Labute approximate surface area is 120 Å². The Bertz CT molecular complexity index is 745. The number of thiazole rings is 1. The second-order valence-corrected chi connectivity index (χ2v) is 5.95. The molecule has 0 bridgehead atoms. The molecule has 20 heavy (non-hydrogen) atoms. The van der Waals surface area contributed by atoms with Crippen LogP contribution < -0.4 is 5.32 Å². The van der Waals surface area contributed by atoms with Crippen LogP contribution in [0.1, 0.15) is 29.2 Å². The zero-order valence-electron chi connectivity index (χ0n) is 11.2. The monoisotopic (exact) mass is 286 g/mol. The largest absolute Gasteiger partial charge is 0.345 e. The predicted octanol–water partition coefficient (Wildman–Crippen LogP) is 2.68. The van der Waals surface area contributed by atoms with E-state index >= 15 is 0 Å². The number of hydrogen-bond acceptors (Lipinski definition) is 4. The molecule has 0 aliphatic rings. The number of nitrogens with one attached hydrogen (secondary N) is 2. The van der Waals surface area contributed by atoms with Crippen molar-refractivity contribution in [3.8, 4) is 0 Å². The third-order valence-electron chi connectivity index (χ3n) is 3.08. The first kappa shape index (κ1) is 12.8. The normalized spacial score (nSPS) is 11.7. The molecule has 5 nitrogen and oxygen atoms in total. The number of benzene rings is 1. The summed E-state index contributed by atoms with van der Waals surface area (Å²) in [6.45, 7) is 3.89. The number of imidazole rings is 1. The van der Waals surface area contributed by atoms with E-state index in [9.17, 15) is 4.79 Å². The van der Waals surface area contributed by atoms with Crippen LogP contribution in [0, 0.1) is 0 Å². The van der Waals surface area contributed by atoms with E-state index < -0.39 is 5.54 Å². The summed E-state index contributed by atoms with van der Waals surface area (Å²) < 4.78 is 0. The number of nitrogens with zero attached hydrogens (tertiary/aromatic N) is 2. The molecule has 0 unspecified atom stereocenters. The first-order valence-corrected chi connectivity index (χ1v) is 7.10. The van der Waals surface area contributed by atoms with E-state index in [0.29, 0.717) is 5.56 Å². The molecule has 0 saturated heterocycles. The van der Waals surface area contributed by atoms with Crippen molar-refractivity contribution in [2.75, 3.05) is 0 Å². The van der Waals surface area contributed by atoms with Crippen LogP contribution in [0.2, 0.25) is 0 Å². The molecule has 0 aliphatic carbocycles. The maximum atomic E-state index is 12.4. The van der Waals surface area contributed by atoms with Gasteiger partial charge in [0.25, 0.3) is 5.91 Å². The van der Waals surface area contributed by atoms with Gasteiger partial charge in [0.05, 0.1) is 22.9 Å². The molecule has 0 saturated carbocycles. The second kappa shape index (κ2) is 4.72. The summed E-state index contributed by atoms with van der Waals surface area (Å²) in [5.74, 6) is -0.123. The number of hydrogen-bond donors (Lipinski definition) is 2. The van der Waals surface area contributed by atoms with E-state index in [1.807, 2.05) is 25.3 Å². The molecule has 3 rings (SSSR count). The first-order chi connectivity index (χ1) is 9.56. The van der Waals surface area contributed by atoms with Crippen LogP contribution in [0.15, 0.2) is 36.1 Å². The van der Waals surface area contributed by atoms with Crippen molar-refractivity contribution in [2.24, 2.45) is 0 Å². The Hall–Kier alpha value is -2.21. The van der Waals surface area contributed by atoms with E-state index in [1.54, 1.807) is 24.7 Å². The molecule has 0 aliphatic heterocycles. The zero-order valence-corrected chi connectivity index (χ0v) is 12.0. The minimum Gasteiger partial charge on any atom is -0.345 e. The summed E-state index contributed by atoms with van der Waals surface area (Å²) in [6, 6.07) is 5.41. The highest BCUT2D eigenvalue weighted by Gasteiger charge is 2.26. The molecule has 6 heteroatoms. The van der Waals surface area contributed by atoms with Gasteiger partial charge in [-0.3, -0.25) is 4.79 Å². The van der Waals surface area contributed by atoms with E-state index in [1.165, 1.54) is 11.3 Å². The summed E-state index contributed by atoms with van der Waals surface area (Å²) in [7, 11) is 0. The average molecular weight is 286 g/mol. The first-order valence-electron chi connectivity index (χ1n) is 6.22. The van der Waals surface area contributed by atoms with Gasteiger partial charge >= 0.3 is 0 Å². The average Bonchev–Trinajstić information content (AvgIpc) is 3.09. The van der Waals surface area contributed by atoms with Gasteiger partial charge in [-0.2, -0.15) is 0 Å². The number of aromatic nitrogens is 3. The molecule has 2 aromatic heterocycles. The lowest BCUT2D eigenvalue weighted by Crippen LogP contribution is -2.40. The van der Waals surface area contributed by atoms with E-state index in [2.05, 4.69) is 20.3 Å². The number of amides is 1. The van der Waals surface area contributed by atoms with Gasteiger partial charge in [0.15, 0.2) is 0 Å². The van der Waals surface area contributed by atoms with Crippen molar-refractivity contribution in [3.05, 3.63) is 46.7 Å². The minimum absolute atomic E-state index is 0.123. The third-order valence-corrected chi connectivity index (χ3v) is 4.17. The smallest absolute Gasteiger partial charge is 0.252 e. The molecular weight excluding hydrogens is 272 g/mol. The van der Waals surface area contributed by atoms with Crippen molar-refractivity contribution in [1.29, 1.82) is 0 Å². The standard InChI is InChI=1S/C14H14N4OS/c1-14(2,13-15-5-6-20-13)18-12(19)9-3-4-10-11(7-9)17-8-16-10/h3-8H,1-2H3,(H,16,17)(H,18,19). The van der Waals surface area contributed by atoms with Gasteiger partial charge < -0.3 is 10.3 Å². The Morgan fingerprint density at radius 3 is 2.95 bits per heavy atom. The molecule has 1 amide bonds. The Balaban J connectivity index is 1.85. The molecule has 0 radical (unpaired) electrons. The molecule has 102 valence electrons. The van der Waals surface area contributed by atoms with Crippen molar-refractivity contribution in [3.63, 3.8) is 0 Å². The summed E-state index contributed by atoms with van der Waals surface area (Å²) in [5, 5.41) is 5.79. The SMILES string of the molecule is CC(C)(NC(=O)c1ccc2nc[nH]c2c1)c1nccs1. The third kappa shape index (κ3) is 2.30. The molecular formula is C14H14N4OS. The van der Waals surface area contributed by atoms with Crippen molar-refractivity contribution < 1.29 is 4.79 Å². The van der Waals surface area contributed by atoms with Crippen LogP contribution in [0.3, 0.4) is 0 Å². The van der Waals surface area contributed by atoms with E-state index in [0.717, 1.165) is 16.0 Å². The molecule has 2 N–H and O–H groups in total. The molecule has 0 fully saturated rings. The lowest BCUT2D eigenvalue weighted by atomic mass is 10.1. The Morgan fingerprint density at radius 1 is 1.35 bits per heavy atom. The summed E-state index contributed by atoms with van der Waals surface area (Å²) in [4.78, 5) is 23.8. The number of fused-ring (bicyclic) bond motifs is 1. The number of carbonyl (C=O) groups excluding carboxylic acids is 1. The van der Waals surface area contributed by atoms with Crippen LogP contribution in [0.5, 0.6) is 0 Å². The van der Waals surface area contributed by atoms with Crippen LogP contribution in [-0.4, -0.2) is 20.9 Å². The molecule has 0 atom stereocenters. The topological polar surface area (TPSA) is 70.7 Å². The predicted molar refractivity (Wildman–Crippen MR) is 78.7 cm³/mol. The van der Waals surface area contributed by atoms with Gasteiger partial charge in [-0.05, 0) is 32.0 Å².